The maximum absolute atomic E-state index is 13.9. The summed E-state index contributed by atoms with van der Waals surface area (Å²) in [5.41, 5.74) is 1.40. The molecule has 0 spiro atoms. The fourth-order valence-corrected chi connectivity index (χ4v) is 3.42. The number of hydrogen-bond donors (Lipinski definition) is 1. The monoisotopic (exact) mass is 365 g/mol. The number of anilines is 2. The van der Waals surface area contributed by atoms with Crippen molar-refractivity contribution in [2.24, 2.45) is 0 Å². The number of pyridine rings is 2. The van der Waals surface area contributed by atoms with E-state index in [2.05, 4.69) is 26.3 Å². The molecule has 0 radical (unpaired) electrons. The third-order valence-corrected chi connectivity index (χ3v) is 4.82. The normalized spacial score (nSPS) is 14.9. The molecular weight excluding hydrogens is 348 g/mol. The minimum atomic E-state index is -0.657. The van der Waals surface area contributed by atoms with Gasteiger partial charge in [0.1, 0.15) is 23.2 Å². The Morgan fingerprint density at radius 3 is 2.63 bits per heavy atom. The number of aromatic nitrogens is 2. The zero-order valence-electron chi connectivity index (χ0n) is 14.5. The van der Waals surface area contributed by atoms with Gasteiger partial charge in [-0.3, -0.25) is 4.98 Å². The maximum atomic E-state index is 13.9. The van der Waals surface area contributed by atoms with Crippen LogP contribution in [0.15, 0.2) is 42.7 Å². The standard InChI is InChI=1S/C20H17F2N5/c21-14-9-16-18(3-6-24-20(16)17(22)10-14)26-15-4-7-27(8-5-15)19-2-1-13(11-23)12-25-19/h1-3,6,9-10,12,15H,4-5,7-8H2,(H,24,26). The van der Waals surface area contributed by atoms with Gasteiger partial charge in [0.2, 0.25) is 0 Å². The van der Waals surface area contributed by atoms with E-state index in [-0.39, 0.29) is 11.6 Å². The van der Waals surface area contributed by atoms with Gasteiger partial charge in [-0.05, 0) is 37.1 Å². The summed E-state index contributed by atoms with van der Waals surface area (Å²) in [6, 6.07) is 9.78. The second kappa shape index (κ2) is 7.16. The van der Waals surface area contributed by atoms with Crippen LogP contribution < -0.4 is 10.2 Å². The van der Waals surface area contributed by atoms with Crippen molar-refractivity contribution in [3.05, 3.63) is 59.9 Å². The van der Waals surface area contributed by atoms with E-state index in [4.69, 9.17) is 5.26 Å². The van der Waals surface area contributed by atoms with Crippen LogP contribution in [-0.2, 0) is 0 Å². The minimum absolute atomic E-state index is 0.167. The van der Waals surface area contributed by atoms with E-state index in [0.29, 0.717) is 16.6 Å². The smallest absolute Gasteiger partial charge is 0.152 e. The van der Waals surface area contributed by atoms with Crippen LogP contribution >= 0.6 is 0 Å². The zero-order chi connectivity index (χ0) is 18.8. The molecule has 0 amide bonds. The highest BCUT2D eigenvalue weighted by molar-refractivity contribution is 5.91. The largest absolute Gasteiger partial charge is 0.382 e. The van der Waals surface area contributed by atoms with E-state index in [1.807, 2.05) is 6.07 Å². The molecule has 2 aromatic heterocycles. The van der Waals surface area contributed by atoms with Gasteiger partial charge in [-0.25, -0.2) is 13.8 Å². The quantitative estimate of drug-likeness (QED) is 0.764. The van der Waals surface area contributed by atoms with E-state index in [1.54, 1.807) is 18.3 Å². The van der Waals surface area contributed by atoms with Crippen LogP contribution in [0.25, 0.3) is 10.9 Å². The third-order valence-electron chi connectivity index (χ3n) is 4.82. The summed E-state index contributed by atoms with van der Waals surface area (Å²) in [7, 11) is 0. The number of nitriles is 1. The summed E-state index contributed by atoms with van der Waals surface area (Å²) in [6.07, 6.45) is 4.83. The number of halogens is 2. The summed E-state index contributed by atoms with van der Waals surface area (Å²) in [5.74, 6) is -0.418. The second-order valence-electron chi connectivity index (χ2n) is 6.56. The summed E-state index contributed by atoms with van der Waals surface area (Å²) in [4.78, 5) is 10.5. The third kappa shape index (κ3) is 3.51. The maximum Gasteiger partial charge on any atom is 0.152 e. The highest BCUT2D eigenvalue weighted by Crippen LogP contribution is 2.27. The van der Waals surface area contributed by atoms with Gasteiger partial charge in [0.05, 0.1) is 5.56 Å². The van der Waals surface area contributed by atoms with Crippen LogP contribution in [0.3, 0.4) is 0 Å². The first kappa shape index (κ1) is 17.2. The molecule has 3 heterocycles. The van der Waals surface area contributed by atoms with E-state index in [0.717, 1.165) is 37.8 Å². The van der Waals surface area contributed by atoms with E-state index >= 15 is 0 Å². The molecule has 1 fully saturated rings. The van der Waals surface area contributed by atoms with Crippen molar-refractivity contribution >= 4 is 22.4 Å². The summed E-state index contributed by atoms with van der Waals surface area (Å²) in [5, 5.41) is 12.7. The predicted octanol–water partition coefficient (Wildman–Crippen LogP) is 3.86. The van der Waals surface area contributed by atoms with Gasteiger partial charge in [0, 0.05) is 48.7 Å². The van der Waals surface area contributed by atoms with Gasteiger partial charge >= 0.3 is 0 Å². The van der Waals surface area contributed by atoms with Crippen LogP contribution in [0, 0.1) is 23.0 Å². The number of piperidine rings is 1. The van der Waals surface area contributed by atoms with Gasteiger partial charge < -0.3 is 10.2 Å². The molecule has 1 aromatic carbocycles. The average Bonchev–Trinajstić information content (AvgIpc) is 2.69. The number of rotatable bonds is 3. The number of nitrogens with one attached hydrogen (secondary N) is 1. The molecule has 27 heavy (non-hydrogen) atoms. The fourth-order valence-electron chi connectivity index (χ4n) is 3.42. The summed E-state index contributed by atoms with van der Waals surface area (Å²) >= 11 is 0. The van der Waals surface area contributed by atoms with Crippen molar-refractivity contribution in [1.29, 1.82) is 5.26 Å². The van der Waals surface area contributed by atoms with Gasteiger partial charge in [0.25, 0.3) is 0 Å². The first-order valence-corrected chi connectivity index (χ1v) is 8.75. The number of benzene rings is 1. The first-order valence-electron chi connectivity index (χ1n) is 8.75. The van der Waals surface area contributed by atoms with Crippen molar-refractivity contribution in [1.82, 2.24) is 9.97 Å². The van der Waals surface area contributed by atoms with Crippen molar-refractivity contribution in [3.63, 3.8) is 0 Å². The summed E-state index contributed by atoms with van der Waals surface area (Å²) in [6.45, 7) is 1.62. The molecule has 1 saturated heterocycles. The fraction of sp³-hybridized carbons (Fsp3) is 0.250. The molecule has 4 rings (SSSR count). The lowest BCUT2D eigenvalue weighted by Crippen LogP contribution is -2.39. The molecule has 1 N–H and O–H groups in total. The molecule has 0 bridgehead atoms. The Kier molecular flexibility index (Phi) is 4.55. The van der Waals surface area contributed by atoms with Crippen LogP contribution in [0.2, 0.25) is 0 Å². The molecule has 1 aliphatic rings. The Labute approximate surface area is 155 Å². The molecule has 0 atom stereocenters. The average molecular weight is 365 g/mol. The molecule has 1 aliphatic heterocycles. The van der Waals surface area contributed by atoms with Gasteiger partial charge in [-0.1, -0.05) is 0 Å². The first-order chi connectivity index (χ1) is 13.1. The van der Waals surface area contributed by atoms with Gasteiger partial charge in [0.15, 0.2) is 5.82 Å². The van der Waals surface area contributed by atoms with Crippen molar-refractivity contribution in [2.45, 2.75) is 18.9 Å². The molecule has 7 heteroatoms. The molecule has 3 aromatic rings. The lowest BCUT2D eigenvalue weighted by atomic mass is 10.0. The number of nitrogens with zero attached hydrogens (tertiary/aromatic N) is 4. The SMILES string of the molecule is N#Cc1ccc(N2CCC(Nc3ccnc4c(F)cc(F)cc34)CC2)nc1. The van der Waals surface area contributed by atoms with Crippen molar-refractivity contribution in [3.8, 4) is 6.07 Å². The Balaban J connectivity index is 1.46. The van der Waals surface area contributed by atoms with Crippen LogP contribution in [0.1, 0.15) is 18.4 Å². The Hall–Kier alpha value is -3.27. The van der Waals surface area contributed by atoms with Gasteiger partial charge in [-0.2, -0.15) is 5.26 Å². The second-order valence-corrected chi connectivity index (χ2v) is 6.56. The zero-order valence-corrected chi connectivity index (χ0v) is 14.5. The van der Waals surface area contributed by atoms with E-state index in [1.165, 1.54) is 12.3 Å². The Morgan fingerprint density at radius 2 is 1.93 bits per heavy atom. The van der Waals surface area contributed by atoms with E-state index < -0.39 is 11.6 Å². The Morgan fingerprint density at radius 1 is 1.11 bits per heavy atom. The summed E-state index contributed by atoms with van der Waals surface area (Å²) < 4.78 is 27.6. The van der Waals surface area contributed by atoms with Crippen LogP contribution in [-0.4, -0.2) is 29.1 Å². The van der Waals surface area contributed by atoms with Crippen molar-refractivity contribution < 1.29 is 8.78 Å². The van der Waals surface area contributed by atoms with Crippen LogP contribution in [0.4, 0.5) is 20.3 Å². The predicted molar refractivity (Wildman–Crippen MR) is 99.5 cm³/mol. The minimum Gasteiger partial charge on any atom is -0.382 e. The molecule has 136 valence electrons. The van der Waals surface area contributed by atoms with Crippen molar-refractivity contribution in [2.75, 3.05) is 23.3 Å². The lowest BCUT2D eigenvalue weighted by Gasteiger charge is -2.33. The topological polar surface area (TPSA) is 64.8 Å². The Bertz CT molecular complexity index is 1010. The molecule has 5 nitrogen and oxygen atoms in total. The number of hydrogen-bond acceptors (Lipinski definition) is 5. The molecule has 0 saturated carbocycles. The van der Waals surface area contributed by atoms with Crippen LogP contribution in [0.5, 0.6) is 0 Å². The number of fused-ring (bicyclic) bond motifs is 1. The van der Waals surface area contributed by atoms with E-state index in [9.17, 15) is 8.78 Å². The van der Waals surface area contributed by atoms with Gasteiger partial charge in [-0.15, -0.1) is 0 Å². The lowest BCUT2D eigenvalue weighted by molar-refractivity contribution is 0.524. The molecular formula is C20H17F2N5. The molecule has 0 unspecified atom stereocenters. The highest BCUT2D eigenvalue weighted by Gasteiger charge is 2.21. The molecule has 0 aliphatic carbocycles. The highest BCUT2D eigenvalue weighted by atomic mass is 19.1.